The van der Waals surface area contributed by atoms with Crippen molar-refractivity contribution < 1.29 is 29.1 Å². The van der Waals surface area contributed by atoms with E-state index in [4.69, 9.17) is 4.84 Å². The van der Waals surface area contributed by atoms with Gasteiger partial charge in [0.05, 0.1) is 24.0 Å². The number of carbonyl (C=O) groups excluding carboxylic acids is 3. The van der Waals surface area contributed by atoms with Gasteiger partial charge in [-0.2, -0.15) is 5.06 Å². The Morgan fingerprint density at radius 3 is 2.55 bits per heavy atom. The molecule has 2 N–H and O–H groups in total. The molecule has 8 nitrogen and oxygen atoms in total. The van der Waals surface area contributed by atoms with Crippen LogP contribution in [0.2, 0.25) is 0 Å². The van der Waals surface area contributed by atoms with Crippen LogP contribution in [-0.2, 0) is 24.0 Å². The molecule has 1 heterocycles. The number of rotatable bonds is 9. The molecule has 0 bridgehead atoms. The predicted octanol–water partition coefficient (Wildman–Crippen LogP) is 3.10. The molecule has 0 spiro atoms. The van der Waals surface area contributed by atoms with Crippen LogP contribution in [0.4, 0.5) is 5.69 Å². The second-order valence-corrected chi connectivity index (χ2v) is 9.77. The predicted molar refractivity (Wildman–Crippen MR) is 121 cm³/mol. The molecule has 0 saturated carbocycles. The summed E-state index contributed by atoms with van der Waals surface area (Å²) >= 11 is 2.14. The van der Waals surface area contributed by atoms with E-state index in [2.05, 4.69) is 5.32 Å². The summed E-state index contributed by atoms with van der Waals surface area (Å²) in [6.07, 6.45) is 0.338. The summed E-state index contributed by atoms with van der Waals surface area (Å²) in [5.74, 6) is -2.20. The van der Waals surface area contributed by atoms with Crippen molar-refractivity contribution in [2.75, 3.05) is 11.7 Å². The smallest absolute Gasteiger partial charge is 0.304 e. The molecule has 170 valence electrons. The van der Waals surface area contributed by atoms with Crippen LogP contribution in [0.25, 0.3) is 0 Å². The van der Waals surface area contributed by atoms with Crippen molar-refractivity contribution in [3.63, 3.8) is 0 Å². The minimum Gasteiger partial charge on any atom is -0.481 e. The number of carboxylic acid groups (broad SMARTS) is 1. The molecule has 1 aliphatic heterocycles. The molecule has 0 aromatic heterocycles. The zero-order valence-electron chi connectivity index (χ0n) is 18.0. The molecule has 1 aliphatic rings. The van der Waals surface area contributed by atoms with E-state index >= 15 is 0 Å². The number of nitrogens with one attached hydrogen (secondary N) is 1. The monoisotopic (exact) mass is 468 g/mol. The number of aliphatic carboxylic acids is 1. The molecule has 0 radical (unpaired) electrons. The minimum absolute atomic E-state index is 0.111. The molecule has 1 unspecified atom stereocenters. The van der Waals surface area contributed by atoms with Gasteiger partial charge in [-0.25, -0.2) is 0 Å². The van der Waals surface area contributed by atoms with E-state index in [9.17, 15) is 24.3 Å². The highest BCUT2D eigenvalue weighted by Gasteiger charge is 2.41. The number of fused-ring (bicyclic) bond motifs is 1. The SMILES string of the molecule is CCON1C(=O)C(NC(=O)[C@@H](SC(C)=O)[C@@H](C)CC)[C@@H](CC(=O)O)Sc2ccccc21. The molecule has 2 rings (SSSR count). The van der Waals surface area contributed by atoms with Crippen molar-refractivity contribution in [3.8, 4) is 0 Å². The van der Waals surface area contributed by atoms with E-state index in [0.717, 1.165) is 16.8 Å². The van der Waals surface area contributed by atoms with Gasteiger partial charge in [0, 0.05) is 17.1 Å². The highest BCUT2D eigenvalue weighted by Crippen LogP contribution is 2.39. The summed E-state index contributed by atoms with van der Waals surface area (Å²) < 4.78 is 0. The quantitative estimate of drug-likeness (QED) is 0.568. The van der Waals surface area contributed by atoms with Gasteiger partial charge in [-0.05, 0) is 25.0 Å². The van der Waals surface area contributed by atoms with E-state index in [0.29, 0.717) is 17.0 Å². The number of carboxylic acids is 1. The maximum Gasteiger partial charge on any atom is 0.304 e. The van der Waals surface area contributed by atoms with Crippen LogP contribution in [0.3, 0.4) is 0 Å². The fraction of sp³-hybridized carbons (Fsp3) is 0.524. The standard InChI is InChI=1S/C21H28N2O6S2/c1-5-12(3)19(30-13(4)24)20(27)22-18-16(11-17(25)26)31-15-10-8-7-9-14(15)23(21(18)28)29-6-2/h7-10,12,16,18-19H,5-6,11H2,1-4H3,(H,22,27)(H,25,26)/t12-,16+,18?,19-/m0/s1. The largest absolute Gasteiger partial charge is 0.481 e. The van der Waals surface area contributed by atoms with Crippen LogP contribution >= 0.6 is 23.5 Å². The fourth-order valence-corrected chi connectivity index (χ4v) is 5.42. The maximum absolute atomic E-state index is 13.4. The number of hydroxylamine groups is 1. The van der Waals surface area contributed by atoms with Crippen molar-refractivity contribution in [1.29, 1.82) is 0 Å². The van der Waals surface area contributed by atoms with Gasteiger partial charge in [0.2, 0.25) is 5.91 Å². The first-order valence-electron chi connectivity index (χ1n) is 10.1. The average molecular weight is 469 g/mol. The van der Waals surface area contributed by atoms with Gasteiger partial charge in [0.25, 0.3) is 5.91 Å². The Hall–Kier alpha value is -2.04. The number of anilines is 1. The Bertz CT molecular complexity index is 834. The Morgan fingerprint density at radius 2 is 1.97 bits per heavy atom. The van der Waals surface area contributed by atoms with Gasteiger partial charge in [0.15, 0.2) is 5.12 Å². The summed E-state index contributed by atoms with van der Waals surface area (Å²) in [5, 5.41) is 11.7. The normalized spacial score (nSPS) is 20.4. The van der Waals surface area contributed by atoms with E-state index < -0.39 is 34.3 Å². The number of nitrogens with zero attached hydrogens (tertiary/aromatic N) is 1. The van der Waals surface area contributed by atoms with Gasteiger partial charge in [-0.1, -0.05) is 44.2 Å². The van der Waals surface area contributed by atoms with E-state index in [-0.39, 0.29) is 24.1 Å². The first kappa shape index (κ1) is 25.2. The molecule has 0 saturated heterocycles. The summed E-state index contributed by atoms with van der Waals surface area (Å²) in [6, 6.07) is 5.91. The lowest BCUT2D eigenvalue weighted by Crippen LogP contribution is -2.55. The molecular weight excluding hydrogens is 440 g/mol. The number of thioether (sulfide) groups is 2. The van der Waals surface area contributed by atoms with Crippen molar-refractivity contribution in [3.05, 3.63) is 24.3 Å². The van der Waals surface area contributed by atoms with Gasteiger partial charge >= 0.3 is 5.97 Å². The Kier molecular flexibility index (Phi) is 9.39. The topological polar surface area (TPSA) is 113 Å². The van der Waals surface area contributed by atoms with Crippen molar-refractivity contribution >= 4 is 52.1 Å². The van der Waals surface area contributed by atoms with E-state index in [1.165, 1.54) is 18.7 Å². The molecule has 2 amide bonds. The first-order chi connectivity index (χ1) is 14.7. The van der Waals surface area contributed by atoms with E-state index in [1.807, 2.05) is 13.8 Å². The fourth-order valence-electron chi connectivity index (χ4n) is 3.16. The van der Waals surface area contributed by atoms with Gasteiger partial charge < -0.3 is 10.4 Å². The summed E-state index contributed by atoms with van der Waals surface area (Å²) in [7, 11) is 0. The Morgan fingerprint density at radius 1 is 1.29 bits per heavy atom. The second kappa shape index (κ2) is 11.5. The summed E-state index contributed by atoms with van der Waals surface area (Å²) in [5.41, 5.74) is 0.503. The van der Waals surface area contributed by atoms with Gasteiger partial charge in [-0.3, -0.25) is 24.0 Å². The molecule has 1 aromatic rings. The molecule has 1 aromatic carbocycles. The van der Waals surface area contributed by atoms with Crippen LogP contribution in [0.1, 0.15) is 40.5 Å². The number of carbonyl (C=O) groups is 4. The van der Waals surface area contributed by atoms with Crippen LogP contribution < -0.4 is 10.4 Å². The second-order valence-electron chi connectivity index (χ2n) is 7.17. The molecule has 0 aliphatic carbocycles. The number of amides is 2. The van der Waals surface area contributed by atoms with Crippen LogP contribution in [0.5, 0.6) is 0 Å². The van der Waals surface area contributed by atoms with Gasteiger partial charge in [-0.15, -0.1) is 11.8 Å². The first-order valence-corrected chi connectivity index (χ1v) is 11.9. The lowest BCUT2D eigenvalue weighted by Gasteiger charge is -2.29. The molecular formula is C21H28N2O6S2. The minimum atomic E-state index is -1.13. The molecule has 4 atom stereocenters. The number of hydrogen-bond donors (Lipinski definition) is 2. The van der Waals surface area contributed by atoms with Crippen molar-refractivity contribution in [2.24, 2.45) is 5.92 Å². The lowest BCUT2D eigenvalue weighted by molar-refractivity contribution is -0.138. The third-order valence-electron chi connectivity index (χ3n) is 4.84. The highest BCUT2D eigenvalue weighted by molar-refractivity contribution is 8.14. The van der Waals surface area contributed by atoms with Crippen LogP contribution in [0.15, 0.2) is 29.2 Å². The van der Waals surface area contributed by atoms with Crippen LogP contribution in [0, 0.1) is 5.92 Å². The summed E-state index contributed by atoms with van der Waals surface area (Å²) in [4.78, 5) is 56.0. The Balaban J connectivity index is 2.43. The number of hydrogen-bond acceptors (Lipinski definition) is 7. The average Bonchev–Trinajstić information content (AvgIpc) is 2.81. The number of para-hydroxylation sites is 1. The van der Waals surface area contributed by atoms with Gasteiger partial charge in [0.1, 0.15) is 6.04 Å². The van der Waals surface area contributed by atoms with Crippen molar-refractivity contribution in [1.82, 2.24) is 5.32 Å². The zero-order chi connectivity index (χ0) is 23.1. The molecule has 0 fully saturated rings. The zero-order valence-corrected chi connectivity index (χ0v) is 19.6. The third-order valence-corrected chi connectivity index (χ3v) is 7.45. The molecule has 10 heteroatoms. The number of benzene rings is 1. The van der Waals surface area contributed by atoms with Crippen LogP contribution in [-0.4, -0.2) is 51.2 Å². The third kappa shape index (κ3) is 6.47. The molecule has 31 heavy (non-hydrogen) atoms. The Labute approximate surface area is 190 Å². The van der Waals surface area contributed by atoms with Crippen molar-refractivity contribution in [2.45, 2.75) is 62.0 Å². The van der Waals surface area contributed by atoms with E-state index in [1.54, 1.807) is 31.2 Å². The highest BCUT2D eigenvalue weighted by atomic mass is 32.2. The lowest BCUT2D eigenvalue weighted by atomic mass is 10.0. The summed E-state index contributed by atoms with van der Waals surface area (Å²) in [6.45, 7) is 7.12. The maximum atomic E-state index is 13.4.